The van der Waals surface area contributed by atoms with Crippen molar-refractivity contribution in [3.63, 3.8) is 0 Å². The van der Waals surface area contributed by atoms with Gasteiger partial charge in [0.2, 0.25) is 0 Å². The minimum atomic E-state index is -0.531. The molecule has 0 rings (SSSR count). The van der Waals surface area contributed by atoms with Crippen LogP contribution in [0, 0.1) is 0 Å². The lowest BCUT2D eigenvalue weighted by Gasteiger charge is -2.17. The lowest BCUT2D eigenvalue weighted by Crippen LogP contribution is -2.39. The molecule has 2 amide bonds. The van der Waals surface area contributed by atoms with Gasteiger partial charge in [0, 0.05) is 20.2 Å². The van der Waals surface area contributed by atoms with Crippen molar-refractivity contribution in [3.8, 4) is 0 Å². The van der Waals surface area contributed by atoms with Gasteiger partial charge < -0.3 is 20.5 Å². The summed E-state index contributed by atoms with van der Waals surface area (Å²) in [6.45, 7) is 1.04. The summed E-state index contributed by atoms with van der Waals surface area (Å²) in [4.78, 5) is 11.9. The first-order chi connectivity index (χ1) is 5.22. The Morgan fingerprint density at radius 2 is 2.27 bits per heavy atom. The molecule has 0 bridgehead atoms. The summed E-state index contributed by atoms with van der Waals surface area (Å²) in [6, 6.07) is -0.531. The van der Waals surface area contributed by atoms with Crippen LogP contribution in [0.2, 0.25) is 0 Å². The smallest absolute Gasteiger partial charge is 0.314 e. The summed E-state index contributed by atoms with van der Waals surface area (Å²) in [6.07, 6.45) is 0. The third-order valence-electron chi connectivity index (χ3n) is 1.25. The Kier molecular flexibility index (Phi) is 5.50. The van der Waals surface area contributed by atoms with Gasteiger partial charge in [0.05, 0.1) is 13.2 Å². The van der Waals surface area contributed by atoms with E-state index in [0.717, 1.165) is 0 Å². The molecule has 0 aromatic carbocycles. The van der Waals surface area contributed by atoms with Gasteiger partial charge in [-0.1, -0.05) is 0 Å². The number of hydrogen-bond donors (Lipinski definition) is 2. The maximum atomic E-state index is 10.6. The number of carbonyl (C=O) groups excluding carboxylic acids is 1. The highest BCUT2D eigenvalue weighted by molar-refractivity contribution is 5.71. The van der Waals surface area contributed by atoms with Crippen LogP contribution < -0.4 is 5.73 Å². The summed E-state index contributed by atoms with van der Waals surface area (Å²) in [5, 5.41) is 8.49. The number of urea groups is 1. The van der Waals surface area contributed by atoms with E-state index in [2.05, 4.69) is 0 Å². The Balaban J connectivity index is 3.60. The normalized spacial score (nSPS) is 9.64. The molecule has 0 saturated heterocycles. The van der Waals surface area contributed by atoms with Gasteiger partial charge in [-0.15, -0.1) is 0 Å². The van der Waals surface area contributed by atoms with Crippen LogP contribution in [0.5, 0.6) is 0 Å². The van der Waals surface area contributed by atoms with Crippen LogP contribution in [0.1, 0.15) is 0 Å². The van der Waals surface area contributed by atoms with Crippen LogP contribution in [0.4, 0.5) is 4.79 Å². The van der Waals surface area contributed by atoms with Crippen molar-refractivity contribution < 1.29 is 14.6 Å². The molecule has 66 valence electrons. The summed E-state index contributed by atoms with van der Waals surface area (Å²) in [5.74, 6) is 0. The molecule has 0 saturated carbocycles. The molecule has 0 fully saturated rings. The number of nitrogens with zero attached hydrogens (tertiary/aromatic N) is 1. The molecule has 5 nitrogen and oxygen atoms in total. The summed E-state index contributed by atoms with van der Waals surface area (Å²) in [7, 11) is 1.54. The van der Waals surface area contributed by atoms with E-state index in [4.69, 9.17) is 15.6 Å². The number of methoxy groups -OCH3 is 1. The van der Waals surface area contributed by atoms with Gasteiger partial charge in [0.25, 0.3) is 0 Å². The molecule has 0 aromatic heterocycles. The molecule has 11 heavy (non-hydrogen) atoms. The Hall–Kier alpha value is -0.810. The fourth-order valence-electron chi connectivity index (χ4n) is 0.654. The Morgan fingerprint density at radius 3 is 2.64 bits per heavy atom. The van der Waals surface area contributed by atoms with Gasteiger partial charge in [-0.2, -0.15) is 0 Å². The van der Waals surface area contributed by atoms with E-state index in [1.165, 1.54) is 12.0 Å². The number of primary amides is 1. The number of nitrogens with two attached hydrogens (primary N) is 1. The van der Waals surface area contributed by atoms with Crippen LogP contribution in [0.25, 0.3) is 0 Å². The van der Waals surface area contributed by atoms with Crippen LogP contribution in [-0.4, -0.2) is 49.5 Å². The average Bonchev–Trinajstić information content (AvgIpc) is 1.97. The Bertz CT molecular complexity index is 118. The lowest BCUT2D eigenvalue weighted by molar-refractivity contribution is 0.141. The molecule has 0 aliphatic rings. The standard InChI is InChI=1S/C6H14N2O3/c1-11-5-3-8(2-4-9)6(7)10/h9H,2-5H2,1H3,(H2,7,10). The number of aliphatic hydroxyl groups excluding tert-OH is 1. The van der Waals surface area contributed by atoms with E-state index in [9.17, 15) is 4.79 Å². The molecule has 5 heteroatoms. The van der Waals surface area contributed by atoms with Crippen molar-refractivity contribution in [2.24, 2.45) is 5.73 Å². The number of carbonyl (C=O) groups is 1. The van der Waals surface area contributed by atoms with E-state index < -0.39 is 6.03 Å². The zero-order valence-corrected chi connectivity index (χ0v) is 6.62. The minimum Gasteiger partial charge on any atom is -0.395 e. The van der Waals surface area contributed by atoms with E-state index in [1.54, 1.807) is 0 Å². The summed E-state index contributed by atoms with van der Waals surface area (Å²) >= 11 is 0. The van der Waals surface area contributed by atoms with Crippen LogP contribution in [0.15, 0.2) is 0 Å². The van der Waals surface area contributed by atoms with E-state index in [0.29, 0.717) is 13.2 Å². The van der Waals surface area contributed by atoms with Gasteiger partial charge in [-0.25, -0.2) is 4.79 Å². The van der Waals surface area contributed by atoms with Gasteiger partial charge >= 0.3 is 6.03 Å². The predicted molar refractivity (Wildman–Crippen MR) is 40.1 cm³/mol. The second-order valence-electron chi connectivity index (χ2n) is 2.04. The lowest BCUT2D eigenvalue weighted by atomic mass is 10.5. The topological polar surface area (TPSA) is 75.8 Å². The van der Waals surface area contributed by atoms with Crippen molar-refractivity contribution in [2.45, 2.75) is 0 Å². The van der Waals surface area contributed by atoms with Crippen LogP contribution in [0.3, 0.4) is 0 Å². The zero-order valence-electron chi connectivity index (χ0n) is 6.62. The Labute approximate surface area is 65.7 Å². The minimum absolute atomic E-state index is 0.0767. The first kappa shape index (κ1) is 10.2. The SMILES string of the molecule is COCCN(CCO)C(N)=O. The second kappa shape index (κ2) is 5.94. The second-order valence-corrected chi connectivity index (χ2v) is 2.04. The van der Waals surface area contributed by atoms with Crippen LogP contribution >= 0.6 is 0 Å². The van der Waals surface area contributed by atoms with Crippen LogP contribution in [-0.2, 0) is 4.74 Å². The van der Waals surface area contributed by atoms with Gasteiger partial charge in [-0.05, 0) is 0 Å². The van der Waals surface area contributed by atoms with E-state index >= 15 is 0 Å². The fraction of sp³-hybridized carbons (Fsp3) is 0.833. The van der Waals surface area contributed by atoms with Crippen molar-refractivity contribution in [1.29, 1.82) is 0 Å². The molecule has 0 aliphatic heterocycles. The summed E-state index contributed by atoms with van der Waals surface area (Å²) in [5.41, 5.74) is 4.98. The largest absolute Gasteiger partial charge is 0.395 e. The number of aliphatic hydroxyl groups is 1. The highest BCUT2D eigenvalue weighted by atomic mass is 16.5. The van der Waals surface area contributed by atoms with Gasteiger partial charge in [0.15, 0.2) is 0 Å². The molecule has 0 heterocycles. The monoisotopic (exact) mass is 162 g/mol. The average molecular weight is 162 g/mol. The number of rotatable bonds is 5. The highest BCUT2D eigenvalue weighted by Crippen LogP contribution is 1.86. The quantitative estimate of drug-likeness (QED) is 0.544. The third-order valence-corrected chi connectivity index (χ3v) is 1.25. The van der Waals surface area contributed by atoms with E-state index in [1.807, 2.05) is 0 Å². The molecule has 0 atom stereocenters. The maximum Gasteiger partial charge on any atom is 0.314 e. The zero-order chi connectivity index (χ0) is 8.69. The molecular formula is C6H14N2O3. The first-order valence-corrected chi connectivity index (χ1v) is 3.36. The van der Waals surface area contributed by atoms with Crippen molar-refractivity contribution in [2.75, 3.05) is 33.4 Å². The van der Waals surface area contributed by atoms with Crippen molar-refractivity contribution >= 4 is 6.03 Å². The van der Waals surface area contributed by atoms with Gasteiger partial charge in [-0.3, -0.25) is 0 Å². The van der Waals surface area contributed by atoms with Crippen molar-refractivity contribution in [1.82, 2.24) is 4.90 Å². The Morgan fingerprint density at radius 1 is 1.64 bits per heavy atom. The summed E-state index contributed by atoms with van der Waals surface area (Å²) < 4.78 is 4.74. The molecule has 0 radical (unpaired) electrons. The number of ether oxygens (including phenoxy) is 1. The van der Waals surface area contributed by atoms with Crippen molar-refractivity contribution in [3.05, 3.63) is 0 Å². The molecule has 3 N–H and O–H groups in total. The maximum absolute atomic E-state index is 10.6. The fourth-order valence-corrected chi connectivity index (χ4v) is 0.654. The molecule has 0 aliphatic carbocycles. The predicted octanol–water partition coefficient (Wildman–Crippen LogP) is -0.994. The molecule has 0 aromatic rings. The highest BCUT2D eigenvalue weighted by Gasteiger charge is 2.06. The van der Waals surface area contributed by atoms with E-state index in [-0.39, 0.29) is 13.2 Å². The molecule has 0 unspecified atom stereocenters. The number of hydrogen-bond acceptors (Lipinski definition) is 3. The first-order valence-electron chi connectivity index (χ1n) is 3.36. The molecule has 0 spiro atoms. The molecular weight excluding hydrogens is 148 g/mol. The third kappa shape index (κ3) is 4.58. The number of amides is 2. The van der Waals surface area contributed by atoms with Gasteiger partial charge in [0.1, 0.15) is 0 Å².